The van der Waals surface area contributed by atoms with Crippen molar-refractivity contribution in [2.75, 3.05) is 0 Å². The minimum atomic E-state index is -4.87. The van der Waals surface area contributed by atoms with Gasteiger partial charge in [0.1, 0.15) is 4.90 Å². The van der Waals surface area contributed by atoms with Crippen molar-refractivity contribution in [3.8, 4) is 16.9 Å². The SMILES string of the molecule is NS(=O)(=O)c1ccccc1-n1nc(C(F)(F)F)cc1-c1ccc(C(F)(F)F)cc1. The van der Waals surface area contributed by atoms with Gasteiger partial charge in [0.05, 0.1) is 16.9 Å². The van der Waals surface area contributed by atoms with Crippen molar-refractivity contribution in [3.05, 3.63) is 65.9 Å². The van der Waals surface area contributed by atoms with Gasteiger partial charge in [-0.05, 0) is 30.3 Å². The third kappa shape index (κ3) is 4.27. The lowest BCUT2D eigenvalue weighted by atomic mass is 10.1. The Kier molecular flexibility index (Phi) is 4.95. The number of nitrogens with zero attached hydrogens (tertiary/aromatic N) is 2. The highest BCUT2D eigenvalue weighted by Crippen LogP contribution is 2.36. The predicted octanol–water partition coefficient (Wildman–Crippen LogP) is 4.22. The Balaban J connectivity index is 2.26. The molecule has 1 heterocycles. The first-order valence-corrected chi connectivity index (χ1v) is 9.30. The largest absolute Gasteiger partial charge is 0.435 e. The second kappa shape index (κ2) is 6.88. The van der Waals surface area contributed by atoms with Gasteiger partial charge >= 0.3 is 12.4 Å². The molecule has 0 amide bonds. The molecule has 0 aliphatic heterocycles. The fourth-order valence-electron chi connectivity index (χ4n) is 2.61. The zero-order chi connectivity index (χ0) is 21.6. The lowest BCUT2D eigenvalue weighted by Crippen LogP contribution is -2.16. The molecule has 0 fully saturated rings. The number of sulfonamides is 1. The molecule has 0 unspecified atom stereocenters. The first-order chi connectivity index (χ1) is 13.3. The molecule has 0 saturated carbocycles. The summed E-state index contributed by atoms with van der Waals surface area (Å²) in [5.74, 6) is 0. The number of alkyl halides is 6. The summed E-state index contributed by atoms with van der Waals surface area (Å²) in [4.78, 5) is -0.495. The first-order valence-electron chi connectivity index (χ1n) is 7.75. The second-order valence-corrected chi connectivity index (χ2v) is 7.44. The first kappa shape index (κ1) is 20.9. The van der Waals surface area contributed by atoms with Crippen molar-refractivity contribution >= 4 is 10.0 Å². The molecule has 0 saturated heterocycles. The summed E-state index contributed by atoms with van der Waals surface area (Å²) in [5, 5.41) is 8.55. The average Bonchev–Trinajstić information content (AvgIpc) is 3.06. The summed E-state index contributed by atoms with van der Waals surface area (Å²) < 4.78 is 102. The van der Waals surface area contributed by atoms with E-state index >= 15 is 0 Å². The highest BCUT2D eigenvalue weighted by molar-refractivity contribution is 7.89. The molecular weight excluding hydrogens is 424 g/mol. The van der Waals surface area contributed by atoms with E-state index in [2.05, 4.69) is 5.10 Å². The molecule has 3 rings (SSSR count). The second-order valence-electron chi connectivity index (χ2n) is 5.91. The lowest BCUT2D eigenvalue weighted by Gasteiger charge is -2.12. The van der Waals surface area contributed by atoms with E-state index in [1.54, 1.807) is 0 Å². The molecule has 0 atom stereocenters. The Morgan fingerprint density at radius 1 is 0.862 bits per heavy atom. The number of nitrogens with two attached hydrogens (primary N) is 1. The zero-order valence-corrected chi connectivity index (χ0v) is 15.0. The Hall–Kier alpha value is -2.86. The van der Waals surface area contributed by atoms with Crippen LogP contribution < -0.4 is 5.14 Å². The van der Waals surface area contributed by atoms with Crippen molar-refractivity contribution in [1.82, 2.24) is 9.78 Å². The van der Waals surface area contributed by atoms with Gasteiger partial charge in [-0.2, -0.15) is 31.4 Å². The van der Waals surface area contributed by atoms with Gasteiger partial charge < -0.3 is 0 Å². The van der Waals surface area contributed by atoms with E-state index in [-0.39, 0.29) is 16.9 Å². The van der Waals surface area contributed by atoms with Gasteiger partial charge in [-0.1, -0.05) is 24.3 Å². The van der Waals surface area contributed by atoms with Crippen LogP contribution in [0.1, 0.15) is 11.3 Å². The Labute approximate surface area is 160 Å². The van der Waals surface area contributed by atoms with Crippen LogP contribution in [-0.4, -0.2) is 18.2 Å². The van der Waals surface area contributed by atoms with Gasteiger partial charge in [-0.15, -0.1) is 0 Å². The average molecular weight is 435 g/mol. The van der Waals surface area contributed by atoms with Crippen LogP contribution in [0.15, 0.2) is 59.5 Å². The summed E-state index contributed by atoms with van der Waals surface area (Å²) >= 11 is 0. The van der Waals surface area contributed by atoms with E-state index in [1.807, 2.05) is 0 Å². The van der Waals surface area contributed by atoms with Crippen LogP contribution in [0.2, 0.25) is 0 Å². The summed E-state index contributed by atoms with van der Waals surface area (Å²) in [5.41, 5.74) is -2.92. The molecule has 5 nitrogen and oxygen atoms in total. The number of halogens is 6. The van der Waals surface area contributed by atoms with E-state index < -0.39 is 38.5 Å². The van der Waals surface area contributed by atoms with Crippen LogP contribution in [0.25, 0.3) is 16.9 Å². The van der Waals surface area contributed by atoms with Crippen LogP contribution in [0, 0.1) is 0 Å². The van der Waals surface area contributed by atoms with Gasteiger partial charge in [0.15, 0.2) is 5.69 Å². The van der Waals surface area contributed by atoms with E-state index in [9.17, 15) is 34.8 Å². The molecule has 0 bridgehead atoms. The van der Waals surface area contributed by atoms with Crippen molar-refractivity contribution in [2.24, 2.45) is 5.14 Å². The Bertz CT molecular complexity index is 1150. The van der Waals surface area contributed by atoms with E-state index in [1.165, 1.54) is 18.2 Å². The Morgan fingerprint density at radius 3 is 1.97 bits per heavy atom. The molecule has 154 valence electrons. The zero-order valence-electron chi connectivity index (χ0n) is 14.2. The lowest BCUT2D eigenvalue weighted by molar-refractivity contribution is -0.141. The van der Waals surface area contributed by atoms with Gasteiger partial charge in [0, 0.05) is 5.56 Å². The molecule has 0 radical (unpaired) electrons. The summed E-state index contributed by atoms with van der Waals surface area (Å²) in [6.07, 6.45) is -9.50. The number of hydrogen-bond acceptors (Lipinski definition) is 3. The van der Waals surface area contributed by atoms with Gasteiger partial charge in [0.2, 0.25) is 10.0 Å². The topological polar surface area (TPSA) is 78.0 Å². The van der Waals surface area contributed by atoms with E-state index in [0.717, 1.165) is 18.2 Å². The number of rotatable bonds is 3. The molecule has 2 aromatic carbocycles. The van der Waals surface area contributed by atoms with Gasteiger partial charge in [-0.25, -0.2) is 18.2 Å². The summed E-state index contributed by atoms with van der Waals surface area (Å²) in [7, 11) is -4.32. The van der Waals surface area contributed by atoms with Crippen molar-refractivity contribution in [2.45, 2.75) is 17.2 Å². The van der Waals surface area contributed by atoms with E-state index in [0.29, 0.717) is 22.9 Å². The summed E-state index contributed by atoms with van der Waals surface area (Å²) in [6, 6.07) is 8.88. The van der Waals surface area contributed by atoms with Crippen LogP contribution in [0.3, 0.4) is 0 Å². The van der Waals surface area contributed by atoms with Crippen molar-refractivity contribution in [3.63, 3.8) is 0 Å². The quantitative estimate of drug-likeness (QED) is 0.626. The highest BCUT2D eigenvalue weighted by atomic mass is 32.2. The number of aromatic nitrogens is 2. The molecule has 0 aliphatic rings. The highest BCUT2D eigenvalue weighted by Gasteiger charge is 2.36. The fourth-order valence-corrected chi connectivity index (χ4v) is 3.33. The van der Waals surface area contributed by atoms with Crippen LogP contribution in [0.4, 0.5) is 26.3 Å². The number of para-hydroxylation sites is 1. The maximum Gasteiger partial charge on any atom is 0.435 e. The standard InChI is InChI=1S/C17H11F6N3O2S/c18-16(19,20)11-7-5-10(6-8-11)13-9-15(17(21,22)23)25-26(13)12-3-1-2-4-14(12)29(24,27)28/h1-9H,(H2,24,27,28). The molecular formula is C17H11F6N3O2S. The third-order valence-corrected chi connectivity index (χ3v) is 4.87. The number of benzene rings is 2. The molecule has 1 aromatic heterocycles. The molecule has 2 N–H and O–H groups in total. The van der Waals surface area contributed by atoms with Crippen molar-refractivity contribution in [1.29, 1.82) is 0 Å². The van der Waals surface area contributed by atoms with Crippen LogP contribution >= 0.6 is 0 Å². The third-order valence-electron chi connectivity index (χ3n) is 3.91. The van der Waals surface area contributed by atoms with Gasteiger partial charge in [-0.3, -0.25) is 0 Å². The van der Waals surface area contributed by atoms with E-state index in [4.69, 9.17) is 5.14 Å². The molecule has 12 heteroatoms. The molecule has 29 heavy (non-hydrogen) atoms. The van der Waals surface area contributed by atoms with Crippen LogP contribution in [0.5, 0.6) is 0 Å². The molecule has 0 spiro atoms. The number of primary sulfonamides is 1. The van der Waals surface area contributed by atoms with Crippen molar-refractivity contribution < 1.29 is 34.8 Å². The van der Waals surface area contributed by atoms with Crippen LogP contribution in [-0.2, 0) is 22.4 Å². The predicted molar refractivity (Wildman–Crippen MR) is 90.4 cm³/mol. The van der Waals surface area contributed by atoms with Gasteiger partial charge in [0.25, 0.3) is 0 Å². The fraction of sp³-hybridized carbons (Fsp3) is 0.118. The maximum absolute atomic E-state index is 13.2. The normalized spacial score (nSPS) is 12.9. The minimum absolute atomic E-state index is 0.0368. The molecule has 0 aliphatic carbocycles. The number of hydrogen-bond donors (Lipinski definition) is 1. The monoisotopic (exact) mass is 435 g/mol. The summed E-state index contributed by atoms with van der Waals surface area (Å²) in [6.45, 7) is 0. The molecule has 3 aromatic rings. The Morgan fingerprint density at radius 2 is 1.45 bits per heavy atom. The maximum atomic E-state index is 13.2. The minimum Gasteiger partial charge on any atom is -0.231 e. The smallest absolute Gasteiger partial charge is 0.231 e.